The van der Waals surface area contributed by atoms with Crippen LogP contribution in [0.15, 0.2) is 0 Å². The van der Waals surface area contributed by atoms with Gasteiger partial charge in [-0.2, -0.15) is 0 Å². The summed E-state index contributed by atoms with van der Waals surface area (Å²) in [6.07, 6.45) is 3.46. The third kappa shape index (κ3) is 3.19. The Morgan fingerprint density at radius 1 is 1.41 bits per heavy atom. The minimum Gasteiger partial charge on any atom is -0.480 e. The highest BCUT2D eigenvalue weighted by molar-refractivity contribution is 5.79. The predicted octanol–water partition coefficient (Wildman–Crippen LogP) is 1.70. The maximum absolute atomic E-state index is 11.5. The number of aliphatic carboxylic acids is 1. The van der Waals surface area contributed by atoms with E-state index in [1.54, 1.807) is 0 Å². The molecule has 0 amide bonds. The second-order valence-electron chi connectivity index (χ2n) is 4.93. The summed E-state index contributed by atoms with van der Waals surface area (Å²) >= 11 is 0. The van der Waals surface area contributed by atoms with Crippen molar-refractivity contribution < 1.29 is 9.90 Å². The lowest BCUT2D eigenvalue weighted by atomic mass is 9.97. The van der Waals surface area contributed by atoms with E-state index in [0.717, 1.165) is 45.3 Å². The molecule has 2 unspecified atom stereocenters. The lowest BCUT2D eigenvalue weighted by Gasteiger charge is -2.29. The molecule has 1 saturated carbocycles. The molecule has 0 bridgehead atoms. The second-order valence-corrected chi connectivity index (χ2v) is 4.93. The number of hydrogen-bond acceptors (Lipinski definition) is 3. The van der Waals surface area contributed by atoms with Gasteiger partial charge in [0.15, 0.2) is 0 Å². The summed E-state index contributed by atoms with van der Waals surface area (Å²) in [5.41, 5.74) is -0.677. The van der Waals surface area contributed by atoms with Crippen molar-refractivity contribution in [1.82, 2.24) is 10.2 Å². The average molecular weight is 242 g/mol. The molecule has 0 radical (unpaired) electrons. The van der Waals surface area contributed by atoms with Crippen LogP contribution < -0.4 is 5.32 Å². The molecule has 17 heavy (non-hydrogen) atoms. The van der Waals surface area contributed by atoms with Crippen LogP contribution in [0.1, 0.15) is 46.5 Å². The third-order valence-electron chi connectivity index (χ3n) is 3.94. The van der Waals surface area contributed by atoms with E-state index in [-0.39, 0.29) is 0 Å². The first-order valence-corrected chi connectivity index (χ1v) is 6.82. The van der Waals surface area contributed by atoms with Crippen LogP contribution in [0.5, 0.6) is 0 Å². The fraction of sp³-hybridized carbons (Fsp3) is 0.923. The molecule has 1 aliphatic carbocycles. The summed E-state index contributed by atoms with van der Waals surface area (Å²) in [6, 6.07) is 0.422. The van der Waals surface area contributed by atoms with Crippen molar-refractivity contribution in [2.45, 2.75) is 58.0 Å². The molecule has 100 valence electrons. The lowest BCUT2D eigenvalue weighted by molar-refractivity contribution is -0.144. The molecule has 1 aliphatic rings. The lowest BCUT2D eigenvalue weighted by Crippen LogP contribution is -2.51. The minimum absolute atomic E-state index is 0.422. The summed E-state index contributed by atoms with van der Waals surface area (Å²) < 4.78 is 0. The molecule has 1 fully saturated rings. The Morgan fingerprint density at radius 2 is 2.06 bits per heavy atom. The fourth-order valence-corrected chi connectivity index (χ4v) is 2.87. The third-order valence-corrected chi connectivity index (χ3v) is 3.94. The van der Waals surface area contributed by atoms with E-state index in [1.807, 2.05) is 0 Å². The van der Waals surface area contributed by atoms with Gasteiger partial charge in [0.05, 0.1) is 0 Å². The van der Waals surface area contributed by atoms with Gasteiger partial charge in [-0.25, -0.2) is 0 Å². The Bertz CT molecular complexity index is 254. The molecule has 4 nitrogen and oxygen atoms in total. The van der Waals surface area contributed by atoms with Crippen molar-refractivity contribution >= 4 is 5.97 Å². The van der Waals surface area contributed by atoms with Crippen LogP contribution in [0.2, 0.25) is 0 Å². The molecule has 0 aromatic carbocycles. The van der Waals surface area contributed by atoms with Gasteiger partial charge in [0.2, 0.25) is 0 Å². The van der Waals surface area contributed by atoms with Crippen molar-refractivity contribution in [3.05, 3.63) is 0 Å². The van der Waals surface area contributed by atoms with Gasteiger partial charge in [0, 0.05) is 6.04 Å². The maximum atomic E-state index is 11.5. The van der Waals surface area contributed by atoms with Gasteiger partial charge in [-0.15, -0.1) is 0 Å². The number of carboxylic acids is 1. The first kappa shape index (κ1) is 14.5. The van der Waals surface area contributed by atoms with E-state index in [1.165, 1.54) is 0 Å². The molecule has 2 N–H and O–H groups in total. The molecule has 0 aromatic rings. The zero-order valence-electron chi connectivity index (χ0n) is 11.3. The van der Waals surface area contributed by atoms with Crippen LogP contribution >= 0.6 is 0 Å². The fourth-order valence-electron chi connectivity index (χ4n) is 2.87. The molecule has 0 aliphatic heterocycles. The van der Waals surface area contributed by atoms with E-state index in [4.69, 9.17) is 0 Å². The molecular weight excluding hydrogens is 216 g/mol. The number of nitrogens with one attached hydrogen (secondary N) is 1. The molecular formula is C13H26N2O2. The molecule has 0 saturated heterocycles. The average Bonchev–Trinajstić information content (AvgIpc) is 2.74. The Morgan fingerprint density at radius 3 is 2.53 bits per heavy atom. The van der Waals surface area contributed by atoms with Crippen molar-refractivity contribution in [3.8, 4) is 0 Å². The number of nitrogens with zero attached hydrogens (tertiary/aromatic N) is 1. The summed E-state index contributed by atoms with van der Waals surface area (Å²) in [5.74, 6) is -0.680. The Balaban J connectivity index is 2.67. The minimum atomic E-state index is -0.680. The standard InChI is InChI=1S/C13H26N2O2/c1-4-9-14-13(12(16)17)8-7-11(10-13)15(5-2)6-3/h11,14H,4-10H2,1-3H3,(H,16,17). The second kappa shape index (κ2) is 6.36. The van der Waals surface area contributed by atoms with Gasteiger partial charge in [-0.1, -0.05) is 20.8 Å². The summed E-state index contributed by atoms with van der Waals surface area (Å²) in [5, 5.41) is 12.7. The van der Waals surface area contributed by atoms with Gasteiger partial charge >= 0.3 is 5.97 Å². The van der Waals surface area contributed by atoms with Crippen LogP contribution in [0, 0.1) is 0 Å². The molecule has 0 aromatic heterocycles. The maximum Gasteiger partial charge on any atom is 0.323 e. The zero-order chi connectivity index (χ0) is 12.9. The summed E-state index contributed by atoms with van der Waals surface area (Å²) in [6.45, 7) is 9.15. The molecule has 0 heterocycles. The summed E-state index contributed by atoms with van der Waals surface area (Å²) in [7, 11) is 0. The van der Waals surface area contributed by atoms with Gasteiger partial charge < -0.3 is 15.3 Å². The van der Waals surface area contributed by atoms with Crippen molar-refractivity contribution in [3.63, 3.8) is 0 Å². The Kier molecular flexibility index (Phi) is 5.40. The van der Waals surface area contributed by atoms with Crippen LogP contribution in [0.4, 0.5) is 0 Å². The first-order chi connectivity index (χ1) is 8.09. The topological polar surface area (TPSA) is 52.6 Å². The van der Waals surface area contributed by atoms with E-state index in [0.29, 0.717) is 6.04 Å². The first-order valence-electron chi connectivity index (χ1n) is 6.82. The van der Waals surface area contributed by atoms with Crippen LogP contribution in [0.25, 0.3) is 0 Å². The van der Waals surface area contributed by atoms with E-state index >= 15 is 0 Å². The number of carbonyl (C=O) groups is 1. The van der Waals surface area contributed by atoms with E-state index < -0.39 is 11.5 Å². The molecule has 2 atom stereocenters. The highest BCUT2D eigenvalue weighted by Crippen LogP contribution is 2.33. The molecule has 0 spiro atoms. The predicted molar refractivity (Wildman–Crippen MR) is 69.2 cm³/mol. The van der Waals surface area contributed by atoms with Crippen molar-refractivity contribution in [1.29, 1.82) is 0 Å². The van der Waals surface area contributed by atoms with Gasteiger partial charge in [-0.3, -0.25) is 4.79 Å². The molecule has 1 rings (SSSR count). The van der Waals surface area contributed by atoms with Crippen LogP contribution in [-0.2, 0) is 4.79 Å². The van der Waals surface area contributed by atoms with Crippen molar-refractivity contribution in [2.24, 2.45) is 0 Å². The number of carboxylic acid groups (broad SMARTS) is 1. The Hall–Kier alpha value is -0.610. The summed E-state index contributed by atoms with van der Waals surface area (Å²) in [4.78, 5) is 13.9. The highest BCUT2D eigenvalue weighted by atomic mass is 16.4. The normalized spacial score (nSPS) is 28.8. The zero-order valence-corrected chi connectivity index (χ0v) is 11.3. The number of hydrogen-bond donors (Lipinski definition) is 2. The smallest absolute Gasteiger partial charge is 0.323 e. The molecule has 4 heteroatoms. The SMILES string of the molecule is CCCNC1(C(=O)O)CCC(N(CC)CC)C1. The Labute approximate surface area is 104 Å². The quantitative estimate of drug-likeness (QED) is 0.713. The van der Waals surface area contributed by atoms with Crippen LogP contribution in [-0.4, -0.2) is 47.2 Å². The monoisotopic (exact) mass is 242 g/mol. The van der Waals surface area contributed by atoms with E-state index in [2.05, 4.69) is 31.0 Å². The van der Waals surface area contributed by atoms with Gasteiger partial charge in [0.25, 0.3) is 0 Å². The van der Waals surface area contributed by atoms with Crippen molar-refractivity contribution in [2.75, 3.05) is 19.6 Å². The largest absolute Gasteiger partial charge is 0.480 e. The highest BCUT2D eigenvalue weighted by Gasteiger charge is 2.46. The van der Waals surface area contributed by atoms with Gasteiger partial charge in [0.1, 0.15) is 5.54 Å². The van der Waals surface area contributed by atoms with Gasteiger partial charge in [-0.05, 0) is 45.3 Å². The van der Waals surface area contributed by atoms with E-state index in [9.17, 15) is 9.90 Å². The van der Waals surface area contributed by atoms with Crippen LogP contribution in [0.3, 0.4) is 0 Å². The number of rotatable bonds is 7.